The number of urea groups is 1. The molecule has 3 rings (SSSR count). The van der Waals surface area contributed by atoms with E-state index < -0.39 is 6.04 Å². The molecule has 28 heavy (non-hydrogen) atoms. The third-order valence-corrected chi connectivity index (χ3v) is 5.56. The van der Waals surface area contributed by atoms with Crippen LogP contribution in [0.4, 0.5) is 9.93 Å². The van der Waals surface area contributed by atoms with Crippen LogP contribution in [0.1, 0.15) is 39.0 Å². The summed E-state index contributed by atoms with van der Waals surface area (Å²) < 4.78 is 5.14. The number of ether oxygens (including phenoxy) is 1. The molecular formula is C19H25N5O3S. The zero-order valence-electron chi connectivity index (χ0n) is 16.0. The Hall–Kier alpha value is -2.68. The molecule has 1 aromatic carbocycles. The normalized spacial score (nSPS) is 15.5. The summed E-state index contributed by atoms with van der Waals surface area (Å²) in [6, 6.07) is 6.63. The number of hydrogen-bond acceptors (Lipinski definition) is 6. The number of amides is 3. The minimum atomic E-state index is -0.683. The number of nitrogens with zero attached hydrogens (tertiary/aromatic N) is 2. The predicted molar refractivity (Wildman–Crippen MR) is 109 cm³/mol. The second-order valence-electron chi connectivity index (χ2n) is 6.80. The molecular weight excluding hydrogens is 378 g/mol. The van der Waals surface area contributed by atoms with Crippen LogP contribution in [0, 0.1) is 0 Å². The zero-order valence-corrected chi connectivity index (χ0v) is 16.8. The van der Waals surface area contributed by atoms with Gasteiger partial charge in [0.1, 0.15) is 16.8 Å². The highest BCUT2D eigenvalue weighted by atomic mass is 32.1. The molecule has 0 radical (unpaired) electrons. The van der Waals surface area contributed by atoms with Crippen molar-refractivity contribution in [3.8, 4) is 16.3 Å². The molecule has 1 unspecified atom stereocenters. The molecule has 3 amide bonds. The second kappa shape index (κ2) is 9.50. The molecule has 0 saturated heterocycles. The third kappa shape index (κ3) is 5.41. The van der Waals surface area contributed by atoms with Crippen molar-refractivity contribution in [3.63, 3.8) is 0 Å². The number of carbonyl (C=O) groups is 2. The highest BCUT2D eigenvalue weighted by molar-refractivity contribution is 7.18. The van der Waals surface area contributed by atoms with Crippen molar-refractivity contribution in [2.45, 2.75) is 51.1 Å². The standard InChI is InChI=1S/C19H25N5O3S/c1-12(20-18(26)21-14-6-4-3-5-7-14)16(25)22-19-24-23-17(28-19)13-8-10-15(27-2)11-9-13/h8-12,14H,3-7H2,1-2H3,(H2,20,21,26)(H,22,24,25). The first-order valence-electron chi connectivity index (χ1n) is 9.41. The van der Waals surface area contributed by atoms with Gasteiger partial charge in [0.2, 0.25) is 11.0 Å². The highest BCUT2D eigenvalue weighted by Gasteiger charge is 2.20. The Balaban J connectivity index is 1.50. The summed E-state index contributed by atoms with van der Waals surface area (Å²) in [6.07, 6.45) is 5.47. The van der Waals surface area contributed by atoms with Gasteiger partial charge >= 0.3 is 6.03 Å². The molecule has 3 N–H and O–H groups in total. The van der Waals surface area contributed by atoms with Crippen LogP contribution in [0.25, 0.3) is 10.6 Å². The number of aromatic nitrogens is 2. The maximum atomic E-state index is 12.3. The maximum Gasteiger partial charge on any atom is 0.315 e. The van der Waals surface area contributed by atoms with Crippen LogP contribution in [0.5, 0.6) is 5.75 Å². The lowest BCUT2D eigenvalue weighted by molar-refractivity contribution is -0.117. The maximum absolute atomic E-state index is 12.3. The van der Waals surface area contributed by atoms with Gasteiger partial charge < -0.3 is 15.4 Å². The lowest BCUT2D eigenvalue weighted by Crippen LogP contribution is -2.49. The number of benzene rings is 1. The van der Waals surface area contributed by atoms with Gasteiger partial charge in [0.25, 0.3) is 0 Å². The van der Waals surface area contributed by atoms with Gasteiger partial charge in [-0.25, -0.2) is 4.79 Å². The summed E-state index contributed by atoms with van der Waals surface area (Å²) in [7, 11) is 1.61. The minimum Gasteiger partial charge on any atom is -0.497 e. The van der Waals surface area contributed by atoms with Crippen molar-refractivity contribution in [3.05, 3.63) is 24.3 Å². The number of rotatable bonds is 6. The molecule has 1 aromatic heterocycles. The first kappa shape index (κ1) is 20.1. The largest absolute Gasteiger partial charge is 0.497 e. The van der Waals surface area contributed by atoms with E-state index in [9.17, 15) is 9.59 Å². The molecule has 1 saturated carbocycles. The smallest absolute Gasteiger partial charge is 0.315 e. The Morgan fingerprint density at radius 3 is 2.54 bits per heavy atom. The van der Waals surface area contributed by atoms with Crippen molar-refractivity contribution in [1.82, 2.24) is 20.8 Å². The molecule has 9 heteroatoms. The Kier molecular flexibility index (Phi) is 6.80. The fourth-order valence-corrected chi connectivity index (χ4v) is 3.83. The van der Waals surface area contributed by atoms with Gasteiger partial charge in [-0.2, -0.15) is 0 Å². The van der Waals surface area contributed by atoms with Crippen molar-refractivity contribution < 1.29 is 14.3 Å². The molecule has 1 heterocycles. The van der Waals surface area contributed by atoms with Crippen LogP contribution >= 0.6 is 11.3 Å². The first-order chi connectivity index (χ1) is 13.5. The van der Waals surface area contributed by atoms with Gasteiger partial charge in [-0.15, -0.1) is 10.2 Å². The number of methoxy groups -OCH3 is 1. The molecule has 8 nitrogen and oxygen atoms in total. The number of anilines is 1. The summed E-state index contributed by atoms with van der Waals surface area (Å²) in [6.45, 7) is 1.64. The van der Waals surface area contributed by atoms with E-state index in [1.54, 1.807) is 14.0 Å². The van der Waals surface area contributed by atoms with Gasteiger partial charge in [-0.1, -0.05) is 30.6 Å². The summed E-state index contributed by atoms with van der Waals surface area (Å²) in [5.41, 5.74) is 0.886. The molecule has 150 valence electrons. The predicted octanol–water partition coefficient (Wildman–Crippen LogP) is 3.17. The first-order valence-corrected chi connectivity index (χ1v) is 10.2. The zero-order chi connectivity index (χ0) is 19.9. The molecule has 2 aromatic rings. The van der Waals surface area contributed by atoms with Crippen LogP contribution in [0.15, 0.2) is 24.3 Å². The van der Waals surface area contributed by atoms with E-state index in [4.69, 9.17) is 4.74 Å². The number of nitrogens with one attached hydrogen (secondary N) is 3. The van der Waals surface area contributed by atoms with E-state index in [0.717, 1.165) is 37.0 Å². The van der Waals surface area contributed by atoms with E-state index in [1.165, 1.54) is 17.8 Å². The van der Waals surface area contributed by atoms with Gasteiger partial charge in [-0.3, -0.25) is 10.1 Å². The molecule has 1 aliphatic carbocycles. The summed E-state index contributed by atoms with van der Waals surface area (Å²) >= 11 is 1.27. The van der Waals surface area contributed by atoms with Crippen molar-refractivity contribution >= 4 is 28.4 Å². The Morgan fingerprint density at radius 2 is 1.86 bits per heavy atom. The molecule has 1 aliphatic rings. The lowest BCUT2D eigenvalue weighted by Gasteiger charge is -2.23. The van der Waals surface area contributed by atoms with E-state index in [0.29, 0.717) is 10.1 Å². The van der Waals surface area contributed by atoms with Crippen LogP contribution in [0.3, 0.4) is 0 Å². The Labute approximate surface area is 168 Å². The SMILES string of the molecule is COc1ccc(-c2nnc(NC(=O)C(C)NC(=O)NC3CCCCC3)s2)cc1. The van der Waals surface area contributed by atoms with Crippen molar-refractivity contribution in [1.29, 1.82) is 0 Å². The third-order valence-electron chi connectivity index (χ3n) is 4.67. The summed E-state index contributed by atoms with van der Waals surface area (Å²) in [5, 5.41) is 17.5. The lowest BCUT2D eigenvalue weighted by atomic mass is 9.96. The average molecular weight is 404 g/mol. The Morgan fingerprint density at radius 1 is 1.14 bits per heavy atom. The number of hydrogen-bond donors (Lipinski definition) is 3. The molecule has 1 fully saturated rings. The number of carbonyl (C=O) groups excluding carboxylic acids is 2. The van der Waals surface area contributed by atoms with Crippen LogP contribution in [-0.2, 0) is 4.79 Å². The second-order valence-corrected chi connectivity index (χ2v) is 7.78. The van der Waals surface area contributed by atoms with Crippen molar-refractivity contribution in [2.24, 2.45) is 0 Å². The van der Waals surface area contributed by atoms with Gasteiger partial charge in [0.05, 0.1) is 7.11 Å². The minimum absolute atomic E-state index is 0.194. The highest BCUT2D eigenvalue weighted by Crippen LogP contribution is 2.27. The molecule has 0 bridgehead atoms. The average Bonchev–Trinajstić information content (AvgIpc) is 3.17. The topological polar surface area (TPSA) is 105 Å². The fourth-order valence-electron chi connectivity index (χ4n) is 3.07. The van der Waals surface area contributed by atoms with Gasteiger partial charge in [-0.05, 0) is 44.0 Å². The molecule has 0 spiro atoms. The van der Waals surface area contributed by atoms with Gasteiger partial charge in [0, 0.05) is 11.6 Å². The summed E-state index contributed by atoms with van der Waals surface area (Å²) in [4.78, 5) is 24.4. The van der Waals surface area contributed by atoms with E-state index in [-0.39, 0.29) is 18.0 Å². The van der Waals surface area contributed by atoms with Crippen LogP contribution in [-0.4, -0.2) is 41.3 Å². The van der Waals surface area contributed by atoms with Crippen LogP contribution < -0.4 is 20.7 Å². The van der Waals surface area contributed by atoms with Crippen LogP contribution in [0.2, 0.25) is 0 Å². The Bertz CT molecular complexity index is 802. The summed E-state index contributed by atoms with van der Waals surface area (Å²) in [5.74, 6) is 0.421. The van der Waals surface area contributed by atoms with Gasteiger partial charge in [0.15, 0.2) is 0 Å². The van der Waals surface area contributed by atoms with E-state index in [1.807, 2.05) is 24.3 Å². The molecule has 1 atom stereocenters. The van der Waals surface area contributed by atoms with Crippen molar-refractivity contribution in [2.75, 3.05) is 12.4 Å². The fraction of sp³-hybridized carbons (Fsp3) is 0.474. The van der Waals surface area contributed by atoms with E-state index >= 15 is 0 Å². The monoisotopic (exact) mass is 403 g/mol. The quantitative estimate of drug-likeness (QED) is 0.687. The van der Waals surface area contributed by atoms with E-state index in [2.05, 4.69) is 26.1 Å². The molecule has 0 aliphatic heterocycles.